The molecule has 1 atom stereocenters. The van der Waals surface area contributed by atoms with Gasteiger partial charge in [-0.2, -0.15) is 0 Å². The maximum Gasteiger partial charge on any atom is 0.293 e. The quantitative estimate of drug-likeness (QED) is 0.796. The standard InChI is InChI=1S/C13H22N4O/c1-2-9-17-10-8-16-12(13(17)18)15-7-5-11-4-3-6-14-11/h8,10-11,14H,2-7,9H2,1H3,(H,15,16)/t11-/m1/s1. The lowest BCUT2D eigenvalue weighted by molar-refractivity contribution is 0.573. The van der Waals surface area contributed by atoms with Crippen LogP contribution in [0.4, 0.5) is 5.82 Å². The van der Waals surface area contributed by atoms with E-state index >= 15 is 0 Å². The van der Waals surface area contributed by atoms with Gasteiger partial charge in [0, 0.05) is 31.5 Å². The number of nitrogens with zero attached hydrogens (tertiary/aromatic N) is 2. The Kier molecular flexibility index (Phi) is 4.75. The normalized spacial score (nSPS) is 19.1. The Morgan fingerprint density at radius 3 is 3.22 bits per heavy atom. The Morgan fingerprint density at radius 1 is 1.61 bits per heavy atom. The smallest absolute Gasteiger partial charge is 0.293 e. The highest BCUT2D eigenvalue weighted by Crippen LogP contribution is 2.08. The summed E-state index contributed by atoms with van der Waals surface area (Å²) in [6.45, 7) is 4.74. The summed E-state index contributed by atoms with van der Waals surface area (Å²) >= 11 is 0. The van der Waals surface area contributed by atoms with E-state index in [9.17, 15) is 4.79 Å². The zero-order valence-corrected chi connectivity index (χ0v) is 11.0. The highest BCUT2D eigenvalue weighted by atomic mass is 16.1. The van der Waals surface area contributed by atoms with E-state index in [1.54, 1.807) is 17.0 Å². The van der Waals surface area contributed by atoms with Gasteiger partial charge in [-0.15, -0.1) is 0 Å². The average Bonchev–Trinajstić information content (AvgIpc) is 2.87. The highest BCUT2D eigenvalue weighted by Gasteiger charge is 2.13. The average molecular weight is 250 g/mol. The van der Waals surface area contributed by atoms with Gasteiger partial charge in [-0.25, -0.2) is 4.98 Å². The van der Waals surface area contributed by atoms with Gasteiger partial charge in [0.15, 0.2) is 5.82 Å². The first-order valence-electron chi connectivity index (χ1n) is 6.84. The molecule has 2 rings (SSSR count). The zero-order valence-electron chi connectivity index (χ0n) is 11.0. The summed E-state index contributed by atoms with van der Waals surface area (Å²) < 4.78 is 1.71. The molecule has 18 heavy (non-hydrogen) atoms. The van der Waals surface area contributed by atoms with Crippen molar-refractivity contribution in [3.8, 4) is 0 Å². The SMILES string of the molecule is CCCn1ccnc(NCC[C@H]2CCCN2)c1=O. The number of aromatic nitrogens is 2. The first-order valence-corrected chi connectivity index (χ1v) is 6.84. The van der Waals surface area contributed by atoms with E-state index in [0.29, 0.717) is 11.9 Å². The molecule has 1 aliphatic heterocycles. The van der Waals surface area contributed by atoms with E-state index in [-0.39, 0.29) is 5.56 Å². The van der Waals surface area contributed by atoms with Gasteiger partial charge < -0.3 is 15.2 Å². The van der Waals surface area contributed by atoms with Crippen molar-refractivity contribution < 1.29 is 0 Å². The van der Waals surface area contributed by atoms with Crippen molar-refractivity contribution in [3.63, 3.8) is 0 Å². The summed E-state index contributed by atoms with van der Waals surface area (Å²) in [5, 5.41) is 6.60. The maximum atomic E-state index is 12.0. The Balaban J connectivity index is 1.88. The molecule has 100 valence electrons. The van der Waals surface area contributed by atoms with Crippen molar-refractivity contribution in [1.82, 2.24) is 14.9 Å². The van der Waals surface area contributed by atoms with E-state index in [1.165, 1.54) is 12.8 Å². The molecule has 1 aliphatic rings. The minimum atomic E-state index is -0.0151. The second-order valence-corrected chi connectivity index (χ2v) is 4.78. The van der Waals surface area contributed by atoms with Crippen LogP contribution in [0.25, 0.3) is 0 Å². The van der Waals surface area contributed by atoms with Gasteiger partial charge >= 0.3 is 0 Å². The van der Waals surface area contributed by atoms with Gasteiger partial charge in [0.05, 0.1) is 0 Å². The van der Waals surface area contributed by atoms with Crippen LogP contribution in [0.2, 0.25) is 0 Å². The number of anilines is 1. The van der Waals surface area contributed by atoms with Gasteiger partial charge in [0.25, 0.3) is 5.56 Å². The van der Waals surface area contributed by atoms with Crippen LogP contribution in [0.15, 0.2) is 17.2 Å². The lowest BCUT2D eigenvalue weighted by Gasteiger charge is -2.11. The van der Waals surface area contributed by atoms with Crippen LogP contribution in [0.1, 0.15) is 32.6 Å². The highest BCUT2D eigenvalue weighted by molar-refractivity contribution is 5.30. The third kappa shape index (κ3) is 3.32. The molecule has 0 saturated carbocycles. The summed E-state index contributed by atoms with van der Waals surface area (Å²) in [7, 11) is 0. The second kappa shape index (κ2) is 6.54. The van der Waals surface area contributed by atoms with Crippen LogP contribution in [0.3, 0.4) is 0 Å². The zero-order chi connectivity index (χ0) is 12.8. The number of aryl methyl sites for hydroxylation is 1. The molecular weight excluding hydrogens is 228 g/mol. The van der Waals surface area contributed by atoms with Gasteiger partial charge in [-0.05, 0) is 32.2 Å². The van der Waals surface area contributed by atoms with Crippen molar-refractivity contribution >= 4 is 5.82 Å². The van der Waals surface area contributed by atoms with Crippen LogP contribution >= 0.6 is 0 Å². The van der Waals surface area contributed by atoms with Crippen molar-refractivity contribution in [3.05, 3.63) is 22.7 Å². The molecule has 1 aromatic heterocycles. The Labute approximate surface area is 108 Å². The fourth-order valence-electron chi connectivity index (χ4n) is 2.35. The van der Waals surface area contributed by atoms with E-state index in [2.05, 4.69) is 22.5 Å². The number of rotatable bonds is 6. The van der Waals surface area contributed by atoms with Gasteiger partial charge in [-0.3, -0.25) is 4.79 Å². The predicted octanol–water partition coefficient (Wildman–Crippen LogP) is 1.21. The van der Waals surface area contributed by atoms with E-state index < -0.39 is 0 Å². The molecule has 0 bridgehead atoms. The van der Waals surface area contributed by atoms with Gasteiger partial charge in [-0.1, -0.05) is 6.92 Å². The first-order chi connectivity index (χ1) is 8.81. The fraction of sp³-hybridized carbons (Fsp3) is 0.692. The summed E-state index contributed by atoms with van der Waals surface area (Å²) in [6, 6.07) is 0.596. The maximum absolute atomic E-state index is 12.0. The van der Waals surface area contributed by atoms with Gasteiger partial charge in [0.1, 0.15) is 0 Å². The number of hydrogen-bond acceptors (Lipinski definition) is 4. The molecule has 0 aliphatic carbocycles. The molecule has 0 spiro atoms. The Hall–Kier alpha value is -1.36. The lowest BCUT2D eigenvalue weighted by atomic mass is 10.1. The molecule has 1 saturated heterocycles. The Morgan fingerprint density at radius 2 is 2.50 bits per heavy atom. The molecule has 5 nitrogen and oxygen atoms in total. The van der Waals surface area contributed by atoms with Crippen molar-refractivity contribution in [1.29, 1.82) is 0 Å². The molecule has 0 amide bonds. The minimum absolute atomic E-state index is 0.0151. The lowest BCUT2D eigenvalue weighted by Crippen LogP contribution is -2.27. The monoisotopic (exact) mass is 250 g/mol. The minimum Gasteiger partial charge on any atom is -0.365 e. The van der Waals surface area contributed by atoms with Crippen LogP contribution < -0.4 is 16.2 Å². The van der Waals surface area contributed by atoms with Crippen LogP contribution in [-0.4, -0.2) is 28.7 Å². The van der Waals surface area contributed by atoms with Crippen LogP contribution in [0, 0.1) is 0 Å². The van der Waals surface area contributed by atoms with E-state index in [0.717, 1.165) is 32.5 Å². The van der Waals surface area contributed by atoms with Crippen LogP contribution in [-0.2, 0) is 6.54 Å². The largest absolute Gasteiger partial charge is 0.365 e. The first kappa shape index (κ1) is 13.1. The van der Waals surface area contributed by atoms with Crippen molar-refractivity contribution in [2.75, 3.05) is 18.4 Å². The second-order valence-electron chi connectivity index (χ2n) is 4.78. The summed E-state index contributed by atoms with van der Waals surface area (Å²) in [5.41, 5.74) is -0.0151. The number of hydrogen-bond donors (Lipinski definition) is 2. The third-order valence-corrected chi connectivity index (χ3v) is 3.33. The van der Waals surface area contributed by atoms with Gasteiger partial charge in [0.2, 0.25) is 0 Å². The molecule has 0 unspecified atom stereocenters. The number of nitrogens with one attached hydrogen (secondary N) is 2. The Bertz CT molecular complexity index is 423. The molecule has 0 radical (unpaired) electrons. The molecule has 1 aromatic rings. The molecule has 2 heterocycles. The molecular formula is C13H22N4O. The topological polar surface area (TPSA) is 59.0 Å². The third-order valence-electron chi connectivity index (χ3n) is 3.33. The van der Waals surface area contributed by atoms with Crippen molar-refractivity contribution in [2.24, 2.45) is 0 Å². The van der Waals surface area contributed by atoms with E-state index in [1.807, 2.05) is 0 Å². The van der Waals surface area contributed by atoms with Crippen LogP contribution in [0.5, 0.6) is 0 Å². The van der Waals surface area contributed by atoms with Crippen molar-refractivity contribution in [2.45, 2.75) is 45.2 Å². The molecule has 0 aromatic carbocycles. The summed E-state index contributed by atoms with van der Waals surface area (Å²) in [4.78, 5) is 16.1. The molecule has 2 N–H and O–H groups in total. The summed E-state index contributed by atoms with van der Waals surface area (Å²) in [6.07, 6.45) is 7.93. The molecule has 5 heteroatoms. The van der Waals surface area contributed by atoms with E-state index in [4.69, 9.17) is 0 Å². The fourth-order valence-corrected chi connectivity index (χ4v) is 2.35. The predicted molar refractivity (Wildman–Crippen MR) is 72.9 cm³/mol. The summed E-state index contributed by atoms with van der Waals surface area (Å²) in [5.74, 6) is 0.476. The molecule has 1 fully saturated rings.